The summed E-state index contributed by atoms with van der Waals surface area (Å²) in [5.41, 5.74) is 3.47. The molecule has 1 aromatic carbocycles. The van der Waals surface area contributed by atoms with Crippen molar-refractivity contribution < 1.29 is 9.53 Å². The SMILES string of the molecule is Cc1cc(NC(=O)OCc2ccccc2)c(Br)nc1C. The van der Waals surface area contributed by atoms with E-state index in [4.69, 9.17) is 4.74 Å². The summed E-state index contributed by atoms with van der Waals surface area (Å²) < 4.78 is 5.75. The highest BCUT2D eigenvalue weighted by Crippen LogP contribution is 2.23. The first-order chi connectivity index (χ1) is 9.56. The molecule has 0 saturated carbocycles. The Bertz CT molecular complexity index is 615. The first kappa shape index (κ1) is 14.5. The molecule has 5 heteroatoms. The highest BCUT2D eigenvalue weighted by molar-refractivity contribution is 9.10. The summed E-state index contributed by atoms with van der Waals surface area (Å²) in [6.07, 6.45) is -0.500. The topological polar surface area (TPSA) is 51.2 Å². The maximum absolute atomic E-state index is 11.8. The van der Waals surface area contributed by atoms with Crippen molar-refractivity contribution in [2.45, 2.75) is 20.5 Å². The Labute approximate surface area is 126 Å². The van der Waals surface area contributed by atoms with Gasteiger partial charge in [-0.25, -0.2) is 9.78 Å². The summed E-state index contributed by atoms with van der Waals surface area (Å²) in [6, 6.07) is 11.4. The summed E-state index contributed by atoms with van der Waals surface area (Å²) in [4.78, 5) is 16.0. The monoisotopic (exact) mass is 334 g/mol. The van der Waals surface area contributed by atoms with Gasteiger partial charge < -0.3 is 4.74 Å². The number of ether oxygens (including phenoxy) is 1. The van der Waals surface area contributed by atoms with Crippen molar-refractivity contribution >= 4 is 27.7 Å². The third-order valence-corrected chi connectivity index (χ3v) is 3.47. The summed E-state index contributed by atoms with van der Waals surface area (Å²) in [5, 5.41) is 2.68. The molecule has 0 fully saturated rings. The van der Waals surface area contributed by atoms with Crippen LogP contribution in [-0.2, 0) is 11.3 Å². The van der Waals surface area contributed by atoms with Gasteiger partial charge in [0.25, 0.3) is 0 Å². The third kappa shape index (κ3) is 3.81. The highest BCUT2D eigenvalue weighted by Gasteiger charge is 2.09. The molecule has 1 N–H and O–H groups in total. The van der Waals surface area contributed by atoms with Gasteiger partial charge in [-0.1, -0.05) is 30.3 Å². The highest BCUT2D eigenvalue weighted by atomic mass is 79.9. The number of carbonyl (C=O) groups excluding carboxylic acids is 1. The number of rotatable bonds is 3. The van der Waals surface area contributed by atoms with Crippen LogP contribution in [0.2, 0.25) is 0 Å². The van der Waals surface area contributed by atoms with E-state index in [0.29, 0.717) is 10.3 Å². The van der Waals surface area contributed by atoms with Crippen molar-refractivity contribution in [1.29, 1.82) is 0 Å². The normalized spacial score (nSPS) is 10.2. The molecule has 0 aliphatic carbocycles. The van der Waals surface area contributed by atoms with Gasteiger partial charge in [0, 0.05) is 5.69 Å². The van der Waals surface area contributed by atoms with E-state index >= 15 is 0 Å². The minimum absolute atomic E-state index is 0.239. The second kappa shape index (κ2) is 6.52. The molecule has 0 radical (unpaired) electrons. The number of benzene rings is 1. The van der Waals surface area contributed by atoms with Crippen LogP contribution in [0.25, 0.3) is 0 Å². The Morgan fingerprint density at radius 1 is 1.30 bits per heavy atom. The van der Waals surface area contributed by atoms with Crippen LogP contribution in [0.3, 0.4) is 0 Å². The van der Waals surface area contributed by atoms with Crippen molar-refractivity contribution in [2.24, 2.45) is 0 Å². The number of nitrogens with one attached hydrogen (secondary N) is 1. The molecule has 0 unspecified atom stereocenters. The second-order valence-corrected chi connectivity index (χ2v) is 5.17. The van der Waals surface area contributed by atoms with Crippen molar-refractivity contribution in [3.8, 4) is 0 Å². The van der Waals surface area contributed by atoms with Crippen LogP contribution >= 0.6 is 15.9 Å². The van der Waals surface area contributed by atoms with E-state index in [1.54, 1.807) is 0 Å². The Kier molecular flexibility index (Phi) is 4.74. The van der Waals surface area contributed by atoms with E-state index in [9.17, 15) is 4.79 Å². The van der Waals surface area contributed by atoms with Crippen LogP contribution in [-0.4, -0.2) is 11.1 Å². The molecule has 1 heterocycles. The molecule has 0 aliphatic rings. The zero-order valence-corrected chi connectivity index (χ0v) is 12.9. The summed E-state index contributed by atoms with van der Waals surface area (Å²) in [7, 11) is 0. The van der Waals surface area contributed by atoms with Gasteiger partial charge in [0.15, 0.2) is 0 Å². The molecule has 1 aromatic heterocycles. The number of nitrogens with zero attached hydrogens (tertiary/aromatic N) is 1. The van der Waals surface area contributed by atoms with E-state index in [1.165, 1.54) is 0 Å². The predicted molar refractivity (Wildman–Crippen MR) is 81.7 cm³/mol. The lowest BCUT2D eigenvalue weighted by molar-refractivity contribution is 0.155. The van der Waals surface area contributed by atoms with Gasteiger partial charge >= 0.3 is 6.09 Å². The molecule has 0 atom stereocenters. The van der Waals surface area contributed by atoms with Gasteiger partial charge in [0.05, 0.1) is 5.69 Å². The van der Waals surface area contributed by atoms with E-state index in [0.717, 1.165) is 16.8 Å². The minimum Gasteiger partial charge on any atom is -0.444 e. The van der Waals surface area contributed by atoms with Crippen molar-refractivity contribution in [3.63, 3.8) is 0 Å². The average molecular weight is 335 g/mol. The van der Waals surface area contributed by atoms with Gasteiger partial charge in [0.1, 0.15) is 11.2 Å². The zero-order chi connectivity index (χ0) is 14.5. The second-order valence-electron chi connectivity index (χ2n) is 4.42. The maximum Gasteiger partial charge on any atom is 0.412 e. The molecule has 0 aliphatic heterocycles. The quantitative estimate of drug-likeness (QED) is 0.855. The number of halogens is 1. The summed E-state index contributed by atoms with van der Waals surface area (Å²) in [6.45, 7) is 4.09. The molecule has 20 heavy (non-hydrogen) atoms. The molecule has 1 amide bonds. The smallest absolute Gasteiger partial charge is 0.412 e. The number of anilines is 1. The molecule has 2 aromatic rings. The molecular weight excluding hydrogens is 320 g/mol. The Hall–Kier alpha value is -1.88. The van der Waals surface area contributed by atoms with Crippen LogP contribution < -0.4 is 5.32 Å². The molecule has 104 valence electrons. The fourth-order valence-corrected chi connectivity index (χ4v) is 2.11. The number of amides is 1. The predicted octanol–water partition coefficient (Wildman–Crippen LogP) is 4.21. The summed E-state index contributed by atoms with van der Waals surface area (Å²) in [5.74, 6) is 0. The zero-order valence-electron chi connectivity index (χ0n) is 11.3. The first-order valence-corrected chi connectivity index (χ1v) is 6.97. The first-order valence-electron chi connectivity index (χ1n) is 6.17. The van der Waals surface area contributed by atoms with Crippen LogP contribution in [0, 0.1) is 13.8 Å². The lowest BCUT2D eigenvalue weighted by Crippen LogP contribution is -2.14. The van der Waals surface area contributed by atoms with E-state index in [-0.39, 0.29) is 6.61 Å². The fourth-order valence-electron chi connectivity index (χ4n) is 1.63. The molecule has 2 rings (SSSR count). The van der Waals surface area contributed by atoms with E-state index in [2.05, 4.69) is 26.2 Å². The molecule has 0 bridgehead atoms. The number of carbonyl (C=O) groups is 1. The van der Waals surface area contributed by atoms with E-state index < -0.39 is 6.09 Å². The molecular formula is C15H15BrN2O2. The van der Waals surface area contributed by atoms with Gasteiger partial charge in [-0.3, -0.25) is 5.32 Å². The lowest BCUT2D eigenvalue weighted by Gasteiger charge is -2.10. The van der Waals surface area contributed by atoms with Gasteiger partial charge in [-0.15, -0.1) is 0 Å². The largest absolute Gasteiger partial charge is 0.444 e. The van der Waals surface area contributed by atoms with Crippen LogP contribution in [0.1, 0.15) is 16.8 Å². The Morgan fingerprint density at radius 2 is 2.00 bits per heavy atom. The number of aryl methyl sites for hydroxylation is 2. The van der Waals surface area contributed by atoms with Crippen molar-refractivity contribution in [2.75, 3.05) is 5.32 Å². The van der Waals surface area contributed by atoms with Gasteiger partial charge in [-0.05, 0) is 47.0 Å². The minimum atomic E-state index is -0.500. The number of pyridine rings is 1. The van der Waals surface area contributed by atoms with Crippen LogP contribution in [0.4, 0.5) is 10.5 Å². The third-order valence-electron chi connectivity index (χ3n) is 2.87. The lowest BCUT2D eigenvalue weighted by atomic mass is 10.2. The van der Waals surface area contributed by atoms with Crippen LogP contribution in [0.15, 0.2) is 41.0 Å². The van der Waals surface area contributed by atoms with Crippen molar-refractivity contribution in [1.82, 2.24) is 4.98 Å². The standard InChI is InChI=1S/C15H15BrN2O2/c1-10-8-13(14(16)17-11(10)2)18-15(19)20-9-12-6-4-3-5-7-12/h3-8H,9H2,1-2H3,(H,18,19). The molecule has 0 spiro atoms. The Morgan fingerprint density at radius 3 is 2.70 bits per heavy atom. The number of hydrogen-bond donors (Lipinski definition) is 1. The number of aromatic nitrogens is 1. The molecule has 0 saturated heterocycles. The molecule has 4 nitrogen and oxygen atoms in total. The van der Waals surface area contributed by atoms with Crippen molar-refractivity contribution in [3.05, 3.63) is 57.8 Å². The Balaban J connectivity index is 1.97. The average Bonchev–Trinajstić information content (AvgIpc) is 2.44. The van der Waals surface area contributed by atoms with Crippen LogP contribution in [0.5, 0.6) is 0 Å². The maximum atomic E-state index is 11.8. The fraction of sp³-hybridized carbons (Fsp3) is 0.200. The summed E-state index contributed by atoms with van der Waals surface area (Å²) >= 11 is 3.32. The van der Waals surface area contributed by atoms with Gasteiger partial charge in [0.2, 0.25) is 0 Å². The van der Waals surface area contributed by atoms with E-state index in [1.807, 2.05) is 50.2 Å². The number of hydrogen-bond acceptors (Lipinski definition) is 3. The van der Waals surface area contributed by atoms with Gasteiger partial charge in [-0.2, -0.15) is 0 Å².